The first-order chi connectivity index (χ1) is 35.9. The van der Waals surface area contributed by atoms with Crippen molar-refractivity contribution in [1.82, 2.24) is 14.5 Å². The second kappa shape index (κ2) is 17.5. The molecule has 3 aromatic heterocycles. The number of furan rings is 1. The molecule has 1 aliphatic carbocycles. The molecule has 0 unspecified atom stereocenters. The molecule has 0 amide bonds. The van der Waals surface area contributed by atoms with E-state index in [9.17, 15) is 1.37 Å². The lowest BCUT2D eigenvalue weighted by Crippen LogP contribution is -2.20. The zero-order valence-electron chi connectivity index (χ0n) is 43.0. The van der Waals surface area contributed by atoms with Crippen LogP contribution < -0.4 is 4.74 Å². The van der Waals surface area contributed by atoms with Gasteiger partial charge >= 0.3 is 0 Å². The Balaban J connectivity index is 1.08. The van der Waals surface area contributed by atoms with E-state index in [1.165, 1.54) is 11.1 Å². The van der Waals surface area contributed by atoms with E-state index >= 15 is 0 Å². The standard InChI is InChI=1S/C68H57N3O2/c1-67(2,3)57-39-48(43-16-7-6-8-17-43)30-32-60(57)71-61-24-12-11-23-59(61)70-66(71)56-41-51(72-50-20-15-19-49(38-50)58-22-13-14-37-69-58)40-55-64-62(73-65(55)56)42-54(53-31-29-46-18-9-10-21-52(46)63(53)64)47-27-25-44(26-28-47)45-33-35-68(4,5)36-34-45/h6-32,37-42,45H,33-36H2,1-5H3/i45D. The number of benzene rings is 9. The minimum atomic E-state index is -0.584. The van der Waals surface area contributed by atoms with Gasteiger partial charge in [0.25, 0.3) is 0 Å². The van der Waals surface area contributed by atoms with Gasteiger partial charge in [-0.3, -0.25) is 9.55 Å². The average molecular weight is 949 g/mol. The summed E-state index contributed by atoms with van der Waals surface area (Å²) < 4.78 is 26.4. The number of rotatable bonds is 8. The fourth-order valence-corrected chi connectivity index (χ4v) is 11.4. The van der Waals surface area contributed by atoms with Gasteiger partial charge in [-0.1, -0.05) is 162 Å². The van der Waals surface area contributed by atoms with Crippen LogP contribution in [0.1, 0.15) is 78.7 Å². The Labute approximate surface area is 428 Å². The van der Waals surface area contributed by atoms with Crippen molar-refractivity contribution in [1.29, 1.82) is 0 Å². The van der Waals surface area contributed by atoms with Gasteiger partial charge in [0, 0.05) is 29.3 Å². The van der Waals surface area contributed by atoms with E-state index < -0.39 is 5.89 Å². The minimum Gasteiger partial charge on any atom is -0.457 e. The second-order valence-corrected chi connectivity index (χ2v) is 21.8. The molecule has 1 fully saturated rings. The predicted molar refractivity (Wildman–Crippen MR) is 303 cm³/mol. The summed E-state index contributed by atoms with van der Waals surface area (Å²) in [5.74, 6) is 1.52. The van der Waals surface area contributed by atoms with Gasteiger partial charge in [-0.15, -0.1) is 0 Å². The average Bonchev–Trinajstić information content (AvgIpc) is 4.00. The van der Waals surface area contributed by atoms with Gasteiger partial charge in [-0.25, -0.2) is 4.98 Å². The molecule has 0 radical (unpaired) electrons. The zero-order valence-corrected chi connectivity index (χ0v) is 42.0. The number of aromatic nitrogens is 3. The van der Waals surface area contributed by atoms with Crippen molar-refractivity contribution in [3.05, 3.63) is 211 Å². The molecular formula is C68H57N3O2. The number of nitrogens with zero attached hydrogens (tertiary/aromatic N) is 3. The molecule has 73 heavy (non-hydrogen) atoms. The number of para-hydroxylation sites is 2. The lowest BCUT2D eigenvalue weighted by molar-refractivity contribution is 0.224. The zero-order chi connectivity index (χ0) is 50.3. The monoisotopic (exact) mass is 948 g/mol. The smallest absolute Gasteiger partial charge is 0.149 e. The third-order valence-corrected chi connectivity index (χ3v) is 15.3. The summed E-state index contributed by atoms with van der Waals surface area (Å²) in [6.07, 6.45) is 5.66. The van der Waals surface area contributed by atoms with Crippen LogP contribution in [0.5, 0.6) is 11.5 Å². The minimum absolute atomic E-state index is 0.232. The second-order valence-electron chi connectivity index (χ2n) is 21.8. The van der Waals surface area contributed by atoms with Crippen LogP contribution in [-0.4, -0.2) is 14.5 Å². The molecule has 3 heterocycles. The van der Waals surface area contributed by atoms with Crippen LogP contribution in [0.2, 0.25) is 0 Å². The third-order valence-electron chi connectivity index (χ3n) is 15.3. The number of pyridine rings is 1. The van der Waals surface area contributed by atoms with Gasteiger partial charge in [-0.05, 0) is 159 Å². The number of ether oxygens (including phenoxy) is 1. The Morgan fingerprint density at radius 2 is 1.36 bits per heavy atom. The lowest BCUT2D eigenvalue weighted by Gasteiger charge is -2.34. The van der Waals surface area contributed by atoms with E-state index in [1.807, 2.05) is 36.5 Å². The van der Waals surface area contributed by atoms with Gasteiger partial charge in [-0.2, -0.15) is 0 Å². The largest absolute Gasteiger partial charge is 0.457 e. The van der Waals surface area contributed by atoms with Crippen molar-refractivity contribution < 1.29 is 10.5 Å². The summed E-state index contributed by atoms with van der Waals surface area (Å²) in [6.45, 7) is 11.5. The molecule has 0 atom stereocenters. The van der Waals surface area contributed by atoms with Gasteiger partial charge in [0.2, 0.25) is 0 Å². The van der Waals surface area contributed by atoms with Crippen LogP contribution >= 0.6 is 0 Å². The first-order valence-electron chi connectivity index (χ1n) is 26.2. The molecule has 9 aromatic carbocycles. The van der Waals surface area contributed by atoms with Crippen molar-refractivity contribution in [2.75, 3.05) is 0 Å². The van der Waals surface area contributed by atoms with Crippen LogP contribution in [-0.2, 0) is 5.41 Å². The van der Waals surface area contributed by atoms with Crippen molar-refractivity contribution >= 4 is 54.5 Å². The number of fused-ring (bicyclic) bond motifs is 8. The van der Waals surface area contributed by atoms with Crippen molar-refractivity contribution in [2.45, 2.75) is 71.6 Å². The highest BCUT2D eigenvalue weighted by Crippen LogP contribution is 2.49. The summed E-state index contributed by atoms with van der Waals surface area (Å²) in [5.41, 5.74) is 13.9. The van der Waals surface area contributed by atoms with Crippen molar-refractivity contribution in [2.24, 2.45) is 5.41 Å². The molecule has 356 valence electrons. The molecule has 0 saturated heterocycles. The van der Waals surface area contributed by atoms with Crippen LogP contribution in [0.15, 0.2) is 205 Å². The summed E-state index contributed by atoms with van der Waals surface area (Å²) >= 11 is 0. The van der Waals surface area contributed by atoms with E-state index in [1.54, 1.807) is 0 Å². The highest BCUT2D eigenvalue weighted by atomic mass is 16.5. The molecule has 1 aliphatic rings. The van der Waals surface area contributed by atoms with Gasteiger partial charge in [0.15, 0.2) is 0 Å². The SMILES string of the molecule is [2H]C1(c2ccc(-c3cc4oc5c(-c6nc7ccccc7n6-c6ccc(-c7ccccc7)cc6C(C)(C)C)cc(Oc6cccc(-c7ccccn7)c6)cc5c4c4c3ccc3ccccc34)cc2)CCC(C)(C)CC1. The Bertz CT molecular complexity index is 4120. The van der Waals surface area contributed by atoms with Gasteiger partial charge in [0.1, 0.15) is 28.5 Å². The number of imidazole rings is 1. The predicted octanol–water partition coefficient (Wildman–Crippen LogP) is 19.1. The fraction of sp³-hybridized carbons (Fsp3) is 0.176. The van der Waals surface area contributed by atoms with Crippen molar-refractivity contribution in [3.63, 3.8) is 0 Å². The molecule has 0 N–H and O–H groups in total. The molecule has 1 saturated carbocycles. The van der Waals surface area contributed by atoms with Crippen LogP contribution in [0.25, 0.3) is 105 Å². The Morgan fingerprint density at radius 1 is 0.603 bits per heavy atom. The molecule has 0 spiro atoms. The van der Waals surface area contributed by atoms with Crippen LogP contribution in [0, 0.1) is 5.41 Å². The number of hydrogen-bond acceptors (Lipinski definition) is 4. The maximum atomic E-state index is 9.59. The highest BCUT2D eigenvalue weighted by molar-refractivity contribution is 6.30. The molecule has 0 aliphatic heterocycles. The quantitative estimate of drug-likeness (QED) is 0.142. The highest BCUT2D eigenvalue weighted by Gasteiger charge is 2.29. The molecular weight excluding hydrogens is 891 g/mol. The summed E-state index contributed by atoms with van der Waals surface area (Å²) in [4.78, 5) is 10.2. The maximum Gasteiger partial charge on any atom is 0.149 e. The van der Waals surface area contributed by atoms with Crippen molar-refractivity contribution in [3.8, 4) is 62.1 Å². The first kappa shape index (κ1) is 43.5. The maximum absolute atomic E-state index is 9.59. The van der Waals surface area contributed by atoms with E-state index in [2.05, 4.69) is 208 Å². The van der Waals surface area contributed by atoms with E-state index in [-0.39, 0.29) is 10.8 Å². The van der Waals surface area contributed by atoms with Crippen LogP contribution in [0.3, 0.4) is 0 Å². The summed E-state index contributed by atoms with van der Waals surface area (Å²) in [5, 5.41) is 6.48. The first-order valence-corrected chi connectivity index (χ1v) is 25.7. The van der Waals surface area contributed by atoms with E-state index in [4.69, 9.17) is 14.1 Å². The molecule has 5 heteroatoms. The van der Waals surface area contributed by atoms with Crippen LogP contribution in [0.4, 0.5) is 0 Å². The Hall–Kier alpha value is -8.28. The Morgan fingerprint density at radius 3 is 2.16 bits per heavy atom. The third kappa shape index (κ3) is 8.04. The van der Waals surface area contributed by atoms with E-state index in [0.29, 0.717) is 11.5 Å². The lowest BCUT2D eigenvalue weighted by atomic mass is 9.71. The normalized spacial score (nSPS) is 14.8. The summed E-state index contributed by atoms with van der Waals surface area (Å²) in [7, 11) is 0. The summed E-state index contributed by atoms with van der Waals surface area (Å²) in [6, 6.07) is 68.4. The molecule has 0 bridgehead atoms. The Kier molecular flexibility index (Phi) is 10.4. The fourth-order valence-electron chi connectivity index (χ4n) is 11.4. The number of hydrogen-bond donors (Lipinski definition) is 0. The molecule has 13 rings (SSSR count). The van der Waals surface area contributed by atoms with E-state index in [0.717, 1.165) is 131 Å². The van der Waals surface area contributed by atoms with Gasteiger partial charge in [0.05, 0.1) is 28.0 Å². The molecule has 12 aromatic rings. The van der Waals surface area contributed by atoms with Gasteiger partial charge < -0.3 is 9.15 Å². The molecule has 5 nitrogen and oxygen atoms in total. The topological polar surface area (TPSA) is 53.1 Å².